The van der Waals surface area contributed by atoms with Crippen molar-refractivity contribution in [1.29, 1.82) is 0 Å². The quantitative estimate of drug-likeness (QED) is 0.739. The van der Waals surface area contributed by atoms with Crippen LogP contribution in [0.15, 0.2) is 12.1 Å². The molecule has 0 saturated carbocycles. The average molecular weight is 392 g/mol. The summed E-state index contributed by atoms with van der Waals surface area (Å²) in [5.41, 5.74) is 7.81. The predicted octanol–water partition coefficient (Wildman–Crippen LogP) is 4.76. The van der Waals surface area contributed by atoms with Crippen molar-refractivity contribution in [2.75, 3.05) is 36.8 Å². The SMILES string of the molecule is CC1CCCN(c2c(N)cc(C3CCN(C(=O)OC(C)(C)C)CC3)cc2F)C1. The number of likely N-dealkylation sites (tertiary alicyclic amines) is 1. The number of amides is 1. The lowest BCUT2D eigenvalue weighted by atomic mass is 9.88. The minimum Gasteiger partial charge on any atom is -0.444 e. The molecule has 0 aliphatic carbocycles. The lowest BCUT2D eigenvalue weighted by Gasteiger charge is -2.35. The first-order valence-corrected chi connectivity index (χ1v) is 10.5. The maximum absolute atomic E-state index is 15.0. The molecule has 1 atom stereocenters. The Balaban J connectivity index is 1.66. The monoisotopic (exact) mass is 391 g/mol. The van der Waals surface area contributed by atoms with Gasteiger partial charge in [-0.25, -0.2) is 9.18 Å². The molecule has 3 rings (SSSR count). The molecule has 2 aliphatic rings. The number of carbonyl (C=O) groups excluding carboxylic acids is 1. The number of hydrogen-bond acceptors (Lipinski definition) is 4. The van der Waals surface area contributed by atoms with Crippen molar-refractivity contribution in [3.8, 4) is 0 Å². The van der Waals surface area contributed by atoms with E-state index in [1.165, 1.54) is 6.42 Å². The lowest BCUT2D eigenvalue weighted by molar-refractivity contribution is 0.0205. The Morgan fingerprint density at radius 3 is 2.43 bits per heavy atom. The molecule has 1 amide bonds. The summed E-state index contributed by atoms with van der Waals surface area (Å²) in [5, 5.41) is 0. The number of carbonyl (C=O) groups is 1. The predicted molar refractivity (Wildman–Crippen MR) is 111 cm³/mol. The van der Waals surface area contributed by atoms with E-state index in [1.54, 1.807) is 11.0 Å². The van der Waals surface area contributed by atoms with E-state index in [0.29, 0.717) is 30.4 Å². The Bertz CT molecular complexity index is 685. The number of nitrogen functional groups attached to an aromatic ring is 1. The number of hydrogen-bond donors (Lipinski definition) is 1. The number of anilines is 2. The summed E-state index contributed by atoms with van der Waals surface area (Å²) in [4.78, 5) is 16.1. The molecule has 6 heteroatoms. The fourth-order valence-electron chi connectivity index (χ4n) is 4.33. The van der Waals surface area contributed by atoms with E-state index in [9.17, 15) is 9.18 Å². The summed E-state index contributed by atoms with van der Waals surface area (Å²) in [6.07, 6.45) is 3.57. The van der Waals surface area contributed by atoms with E-state index < -0.39 is 5.60 Å². The third-order valence-corrected chi connectivity index (χ3v) is 5.71. The van der Waals surface area contributed by atoms with Gasteiger partial charge in [0.2, 0.25) is 0 Å². The maximum atomic E-state index is 15.0. The van der Waals surface area contributed by atoms with Gasteiger partial charge in [-0.3, -0.25) is 0 Å². The molecule has 1 aromatic rings. The van der Waals surface area contributed by atoms with Crippen LogP contribution in [0.25, 0.3) is 0 Å². The molecule has 0 aromatic heterocycles. The molecule has 5 nitrogen and oxygen atoms in total. The van der Waals surface area contributed by atoms with Gasteiger partial charge in [0, 0.05) is 26.2 Å². The van der Waals surface area contributed by atoms with Crippen LogP contribution in [0.1, 0.15) is 64.9 Å². The van der Waals surface area contributed by atoms with Gasteiger partial charge in [0.05, 0.1) is 11.4 Å². The molecule has 0 radical (unpaired) electrons. The summed E-state index contributed by atoms with van der Waals surface area (Å²) < 4.78 is 20.4. The van der Waals surface area contributed by atoms with E-state index in [1.807, 2.05) is 26.8 Å². The van der Waals surface area contributed by atoms with Crippen LogP contribution in [-0.2, 0) is 4.74 Å². The zero-order chi connectivity index (χ0) is 20.5. The molecule has 0 bridgehead atoms. The number of halogens is 1. The molecular weight excluding hydrogens is 357 g/mol. The second-order valence-corrected chi connectivity index (χ2v) is 9.38. The van der Waals surface area contributed by atoms with Crippen LogP contribution < -0.4 is 10.6 Å². The molecule has 2 aliphatic heterocycles. The number of piperidine rings is 2. The van der Waals surface area contributed by atoms with Crippen molar-refractivity contribution >= 4 is 17.5 Å². The summed E-state index contributed by atoms with van der Waals surface area (Å²) in [6.45, 7) is 10.8. The second kappa shape index (κ2) is 8.18. The molecule has 2 saturated heterocycles. The van der Waals surface area contributed by atoms with Crippen molar-refractivity contribution in [2.24, 2.45) is 5.92 Å². The van der Waals surface area contributed by atoms with Crippen molar-refractivity contribution in [1.82, 2.24) is 4.90 Å². The zero-order valence-corrected chi connectivity index (χ0v) is 17.6. The van der Waals surface area contributed by atoms with Crippen molar-refractivity contribution in [2.45, 2.75) is 64.9 Å². The van der Waals surface area contributed by atoms with E-state index >= 15 is 0 Å². The molecule has 2 fully saturated rings. The van der Waals surface area contributed by atoms with Crippen LogP contribution in [0, 0.1) is 11.7 Å². The first-order chi connectivity index (χ1) is 13.1. The number of nitrogens with zero attached hydrogens (tertiary/aromatic N) is 2. The van der Waals surface area contributed by atoms with Crippen molar-refractivity contribution in [3.63, 3.8) is 0 Å². The lowest BCUT2D eigenvalue weighted by Crippen LogP contribution is -2.41. The van der Waals surface area contributed by atoms with Gasteiger partial charge < -0.3 is 20.3 Å². The molecule has 2 heterocycles. The fraction of sp³-hybridized carbons (Fsp3) is 0.682. The number of nitrogens with two attached hydrogens (primary N) is 1. The van der Waals surface area contributed by atoms with Crippen LogP contribution in [0.5, 0.6) is 0 Å². The minimum absolute atomic E-state index is 0.213. The van der Waals surface area contributed by atoms with E-state index in [-0.39, 0.29) is 17.8 Å². The summed E-state index contributed by atoms with van der Waals surface area (Å²) in [6, 6.07) is 3.59. The van der Waals surface area contributed by atoms with Crippen LogP contribution in [-0.4, -0.2) is 42.8 Å². The van der Waals surface area contributed by atoms with Gasteiger partial charge in [0.15, 0.2) is 0 Å². The summed E-state index contributed by atoms with van der Waals surface area (Å²) in [5.74, 6) is 0.549. The average Bonchev–Trinajstić information content (AvgIpc) is 2.60. The summed E-state index contributed by atoms with van der Waals surface area (Å²) >= 11 is 0. The van der Waals surface area contributed by atoms with E-state index in [2.05, 4.69) is 11.8 Å². The topological polar surface area (TPSA) is 58.8 Å². The molecule has 28 heavy (non-hydrogen) atoms. The van der Waals surface area contributed by atoms with Crippen LogP contribution >= 0.6 is 0 Å². The van der Waals surface area contributed by atoms with Gasteiger partial charge >= 0.3 is 6.09 Å². The van der Waals surface area contributed by atoms with E-state index in [0.717, 1.165) is 37.9 Å². The number of ether oxygens (including phenoxy) is 1. The molecule has 156 valence electrons. The minimum atomic E-state index is -0.493. The van der Waals surface area contributed by atoms with Gasteiger partial charge in [-0.1, -0.05) is 6.92 Å². The molecule has 2 N–H and O–H groups in total. The van der Waals surface area contributed by atoms with E-state index in [4.69, 9.17) is 10.5 Å². The highest BCUT2D eigenvalue weighted by Crippen LogP contribution is 2.36. The Kier molecular flexibility index (Phi) is 6.06. The number of benzene rings is 1. The van der Waals surface area contributed by atoms with Crippen LogP contribution in [0.3, 0.4) is 0 Å². The normalized spacial score (nSPS) is 21.7. The van der Waals surface area contributed by atoms with Gasteiger partial charge in [-0.05, 0) is 76.0 Å². The first-order valence-electron chi connectivity index (χ1n) is 10.5. The third kappa shape index (κ3) is 4.89. The summed E-state index contributed by atoms with van der Waals surface area (Å²) in [7, 11) is 0. The zero-order valence-electron chi connectivity index (χ0n) is 17.6. The van der Waals surface area contributed by atoms with Crippen LogP contribution in [0.4, 0.5) is 20.6 Å². The van der Waals surface area contributed by atoms with Gasteiger partial charge in [0.1, 0.15) is 11.4 Å². The van der Waals surface area contributed by atoms with Gasteiger partial charge in [-0.15, -0.1) is 0 Å². The molecule has 1 unspecified atom stereocenters. The number of rotatable bonds is 2. The Morgan fingerprint density at radius 1 is 1.18 bits per heavy atom. The largest absolute Gasteiger partial charge is 0.444 e. The first kappa shape index (κ1) is 20.7. The standard InChI is InChI=1S/C22H34FN3O2/c1-15-6-5-9-26(14-15)20-18(23)12-17(13-19(20)24)16-7-10-25(11-8-16)21(27)28-22(2,3)4/h12-13,15-16H,5-11,14,24H2,1-4H3. The van der Waals surface area contributed by atoms with Crippen molar-refractivity contribution in [3.05, 3.63) is 23.5 Å². The Morgan fingerprint density at radius 2 is 1.86 bits per heavy atom. The fourth-order valence-corrected chi connectivity index (χ4v) is 4.33. The Labute approximate surface area is 168 Å². The highest BCUT2D eigenvalue weighted by atomic mass is 19.1. The molecule has 0 spiro atoms. The second-order valence-electron chi connectivity index (χ2n) is 9.38. The van der Waals surface area contributed by atoms with Crippen molar-refractivity contribution < 1.29 is 13.9 Å². The third-order valence-electron chi connectivity index (χ3n) is 5.71. The maximum Gasteiger partial charge on any atom is 0.410 e. The highest BCUT2D eigenvalue weighted by Gasteiger charge is 2.29. The molecular formula is C22H34FN3O2. The molecule has 1 aromatic carbocycles. The van der Waals surface area contributed by atoms with Crippen LogP contribution in [0.2, 0.25) is 0 Å². The highest BCUT2D eigenvalue weighted by molar-refractivity contribution is 5.70. The Hall–Kier alpha value is -1.98. The van der Waals surface area contributed by atoms with Gasteiger partial charge in [0.25, 0.3) is 0 Å². The van der Waals surface area contributed by atoms with Gasteiger partial charge in [-0.2, -0.15) is 0 Å². The smallest absolute Gasteiger partial charge is 0.410 e.